The molecule has 0 atom stereocenters. The summed E-state index contributed by atoms with van der Waals surface area (Å²) in [6.07, 6.45) is 0.110. The Balaban J connectivity index is 1.77. The molecule has 2 aromatic rings. The van der Waals surface area contributed by atoms with Crippen molar-refractivity contribution in [3.63, 3.8) is 0 Å². The summed E-state index contributed by atoms with van der Waals surface area (Å²) < 4.78 is 23.8. The number of carbonyl (C=O) groups excluding carboxylic acids is 2. The average molecular weight is 374 g/mol. The lowest BCUT2D eigenvalue weighted by Gasteiger charge is -2.21. The first-order chi connectivity index (χ1) is 13.0. The Bertz CT molecular complexity index is 765. The maximum Gasteiger partial charge on any atom is 0.226 e. The topological polar surface area (TPSA) is 67.9 Å². The normalized spacial score (nSPS) is 10.2. The second kappa shape index (κ2) is 10.2. The van der Waals surface area contributed by atoms with Crippen LogP contribution in [0, 0.1) is 5.82 Å². The van der Waals surface area contributed by atoms with Crippen LogP contribution in [0.4, 0.5) is 10.1 Å². The fraction of sp³-hybridized carbons (Fsp3) is 0.300. The number of methoxy groups -OCH3 is 1. The predicted octanol–water partition coefficient (Wildman–Crippen LogP) is 3.09. The van der Waals surface area contributed by atoms with Gasteiger partial charge < -0.3 is 19.7 Å². The van der Waals surface area contributed by atoms with E-state index in [2.05, 4.69) is 5.32 Å². The zero-order valence-electron chi connectivity index (χ0n) is 15.4. The first-order valence-electron chi connectivity index (χ1n) is 8.55. The van der Waals surface area contributed by atoms with Gasteiger partial charge in [-0.1, -0.05) is 6.07 Å². The van der Waals surface area contributed by atoms with Crippen LogP contribution in [0.3, 0.4) is 0 Å². The van der Waals surface area contributed by atoms with E-state index in [0.29, 0.717) is 24.6 Å². The molecule has 0 unspecified atom stereocenters. The lowest BCUT2D eigenvalue weighted by molar-refractivity contribution is -0.129. The van der Waals surface area contributed by atoms with Gasteiger partial charge in [0.15, 0.2) is 0 Å². The van der Waals surface area contributed by atoms with Crippen LogP contribution in [-0.2, 0) is 9.59 Å². The van der Waals surface area contributed by atoms with Crippen LogP contribution in [0.1, 0.15) is 13.3 Å². The monoisotopic (exact) mass is 374 g/mol. The number of hydrogen-bond donors (Lipinski definition) is 1. The first kappa shape index (κ1) is 20.2. The molecule has 0 bridgehead atoms. The van der Waals surface area contributed by atoms with E-state index in [0.717, 1.165) is 5.75 Å². The molecule has 2 rings (SSSR count). The lowest BCUT2D eigenvalue weighted by atomic mass is 10.3. The molecule has 27 heavy (non-hydrogen) atoms. The van der Waals surface area contributed by atoms with Crippen LogP contribution in [-0.4, -0.2) is 43.5 Å². The molecule has 0 saturated carbocycles. The molecular formula is C20H23FN2O4. The van der Waals surface area contributed by atoms with Crippen LogP contribution in [0.2, 0.25) is 0 Å². The molecule has 7 heteroatoms. The Morgan fingerprint density at radius 3 is 2.41 bits per heavy atom. The van der Waals surface area contributed by atoms with Gasteiger partial charge in [-0.25, -0.2) is 4.39 Å². The summed E-state index contributed by atoms with van der Waals surface area (Å²) in [6.45, 7) is 2.35. The summed E-state index contributed by atoms with van der Waals surface area (Å²) in [7, 11) is 1.59. The molecule has 144 valence electrons. The van der Waals surface area contributed by atoms with Gasteiger partial charge in [-0.15, -0.1) is 0 Å². The van der Waals surface area contributed by atoms with Crippen LogP contribution >= 0.6 is 0 Å². The summed E-state index contributed by atoms with van der Waals surface area (Å²) in [5.41, 5.74) is 0.386. The van der Waals surface area contributed by atoms with Crippen LogP contribution < -0.4 is 14.8 Å². The smallest absolute Gasteiger partial charge is 0.226 e. The third-order valence-electron chi connectivity index (χ3n) is 3.85. The highest BCUT2D eigenvalue weighted by atomic mass is 19.1. The van der Waals surface area contributed by atoms with Crippen molar-refractivity contribution in [2.75, 3.05) is 32.1 Å². The number of nitrogens with one attached hydrogen (secondary N) is 1. The Hall–Kier alpha value is -3.09. The van der Waals surface area contributed by atoms with Crippen molar-refractivity contribution >= 4 is 17.5 Å². The van der Waals surface area contributed by atoms with Crippen molar-refractivity contribution in [2.45, 2.75) is 13.3 Å². The molecule has 0 aromatic heterocycles. The quantitative estimate of drug-likeness (QED) is 0.732. The van der Waals surface area contributed by atoms with Gasteiger partial charge in [0.25, 0.3) is 0 Å². The third kappa shape index (κ3) is 6.97. The number of benzene rings is 2. The van der Waals surface area contributed by atoms with E-state index in [1.165, 1.54) is 30.0 Å². The highest BCUT2D eigenvalue weighted by Gasteiger charge is 2.12. The number of hydrogen-bond acceptors (Lipinski definition) is 4. The van der Waals surface area contributed by atoms with E-state index < -0.39 is 5.82 Å². The standard InChI is InChI=1S/C20H23FN2O4/c1-15(24)23(12-13-27-19-8-6-18(26-2)7-9-19)11-10-20(25)22-17-5-3-4-16(21)14-17/h3-9,14H,10-13H2,1-2H3,(H,22,25). The van der Waals surface area contributed by atoms with Gasteiger partial charge in [0.1, 0.15) is 23.9 Å². The first-order valence-corrected chi connectivity index (χ1v) is 8.55. The van der Waals surface area contributed by atoms with E-state index in [1.54, 1.807) is 37.4 Å². The molecule has 0 spiro atoms. The van der Waals surface area contributed by atoms with Crippen molar-refractivity contribution in [3.8, 4) is 11.5 Å². The largest absolute Gasteiger partial charge is 0.497 e. The second-order valence-corrected chi connectivity index (χ2v) is 5.84. The van der Waals surface area contributed by atoms with E-state index in [-0.39, 0.29) is 24.8 Å². The molecular weight excluding hydrogens is 351 g/mol. The van der Waals surface area contributed by atoms with E-state index in [1.807, 2.05) is 0 Å². The second-order valence-electron chi connectivity index (χ2n) is 5.84. The minimum absolute atomic E-state index is 0.110. The average Bonchev–Trinajstić information content (AvgIpc) is 2.64. The van der Waals surface area contributed by atoms with Gasteiger partial charge in [-0.05, 0) is 42.5 Å². The molecule has 0 aliphatic heterocycles. The molecule has 2 amide bonds. The van der Waals surface area contributed by atoms with Crippen molar-refractivity contribution in [1.29, 1.82) is 0 Å². The van der Waals surface area contributed by atoms with Gasteiger partial charge in [0, 0.05) is 25.6 Å². The number of nitrogens with zero attached hydrogens (tertiary/aromatic N) is 1. The Morgan fingerprint density at radius 1 is 1.07 bits per heavy atom. The zero-order chi connectivity index (χ0) is 19.6. The molecule has 1 N–H and O–H groups in total. The fourth-order valence-corrected chi connectivity index (χ4v) is 2.40. The number of halogens is 1. The van der Waals surface area contributed by atoms with Gasteiger partial charge in [-0.3, -0.25) is 9.59 Å². The molecule has 2 aromatic carbocycles. The van der Waals surface area contributed by atoms with Crippen molar-refractivity contribution in [3.05, 3.63) is 54.3 Å². The molecule has 0 saturated heterocycles. The molecule has 6 nitrogen and oxygen atoms in total. The molecule has 0 fully saturated rings. The minimum Gasteiger partial charge on any atom is -0.497 e. The summed E-state index contributed by atoms with van der Waals surface area (Å²) in [6, 6.07) is 12.8. The molecule has 0 heterocycles. The highest BCUT2D eigenvalue weighted by molar-refractivity contribution is 5.91. The maximum atomic E-state index is 13.1. The predicted molar refractivity (Wildman–Crippen MR) is 100 cm³/mol. The van der Waals surface area contributed by atoms with Crippen LogP contribution in [0.15, 0.2) is 48.5 Å². The van der Waals surface area contributed by atoms with Crippen LogP contribution in [0.25, 0.3) is 0 Å². The SMILES string of the molecule is COc1ccc(OCCN(CCC(=O)Nc2cccc(F)c2)C(C)=O)cc1. The van der Waals surface area contributed by atoms with Crippen molar-refractivity contribution in [2.24, 2.45) is 0 Å². The number of rotatable bonds is 9. The van der Waals surface area contributed by atoms with E-state index in [9.17, 15) is 14.0 Å². The summed E-state index contributed by atoms with van der Waals surface area (Å²) in [4.78, 5) is 25.3. The van der Waals surface area contributed by atoms with Crippen molar-refractivity contribution in [1.82, 2.24) is 4.90 Å². The lowest BCUT2D eigenvalue weighted by Crippen LogP contribution is -2.35. The Labute approximate surface area is 157 Å². The van der Waals surface area contributed by atoms with Gasteiger partial charge in [0.2, 0.25) is 11.8 Å². The summed E-state index contributed by atoms with van der Waals surface area (Å²) in [5, 5.41) is 2.61. The van der Waals surface area contributed by atoms with Gasteiger partial charge in [-0.2, -0.15) is 0 Å². The number of ether oxygens (including phenoxy) is 2. The maximum absolute atomic E-state index is 13.1. The van der Waals surface area contributed by atoms with Gasteiger partial charge in [0.05, 0.1) is 13.7 Å². The highest BCUT2D eigenvalue weighted by Crippen LogP contribution is 2.17. The zero-order valence-corrected chi connectivity index (χ0v) is 15.4. The number of carbonyl (C=O) groups is 2. The molecule has 0 aliphatic carbocycles. The molecule has 0 radical (unpaired) electrons. The fourth-order valence-electron chi connectivity index (χ4n) is 2.40. The van der Waals surface area contributed by atoms with Gasteiger partial charge >= 0.3 is 0 Å². The Kier molecular flexibility index (Phi) is 7.61. The minimum atomic E-state index is -0.422. The van der Waals surface area contributed by atoms with Crippen molar-refractivity contribution < 1.29 is 23.5 Å². The number of anilines is 1. The summed E-state index contributed by atoms with van der Waals surface area (Å²) >= 11 is 0. The third-order valence-corrected chi connectivity index (χ3v) is 3.85. The summed E-state index contributed by atoms with van der Waals surface area (Å²) in [5.74, 6) is 0.545. The van der Waals surface area contributed by atoms with E-state index >= 15 is 0 Å². The number of amides is 2. The Morgan fingerprint density at radius 2 is 1.78 bits per heavy atom. The van der Waals surface area contributed by atoms with E-state index in [4.69, 9.17) is 9.47 Å². The van der Waals surface area contributed by atoms with Crippen LogP contribution in [0.5, 0.6) is 11.5 Å². The molecule has 0 aliphatic rings.